The summed E-state index contributed by atoms with van der Waals surface area (Å²) in [5, 5.41) is 7.46. The van der Waals surface area contributed by atoms with Gasteiger partial charge in [0.2, 0.25) is 0 Å². The summed E-state index contributed by atoms with van der Waals surface area (Å²) < 4.78 is 5.22. The van der Waals surface area contributed by atoms with Crippen molar-refractivity contribution in [3.05, 3.63) is 0 Å². The highest BCUT2D eigenvalue weighted by molar-refractivity contribution is 5.83. The van der Waals surface area contributed by atoms with Gasteiger partial charge < -0.3 is 10.5 Å². The van der Waals surface area contributed by atoms with Crippen LogP contribution < -0.4 is 5.73 Å². The molecule has 0 aromatic rings. The van der Waals surface area contributed by atoms with E-state index in [2.05, 4.69) is 6.92 Å². The lowest BCUT2D eigenvalue weighted by atomic mass is 9.77. The summed E-state index contributed by atoms with van der Waals surface area (Å²) in [7, 11) is 0. The van der Waals surface area contributed by atoms with Crippen molar-refractivity contribution in [1.29, 1.82) is 5.41 Å². The van der Waals surface area contributed by atoms with Gasteiger partial charge in [-0.3, -0.25) is 5.41 Å². The average Bonchev–Trinajstić information content (AvgIpc) is 2.05. The first-order valence-corrected chi connectivity index (χ1v) is 4.13. The number of rotatable bonds is 2. The monoisotopic (exact) mass is 156 g/mol. The van der Waals surface area contributed by atoms with Gasteiger partial charge in [0.25, 0.3) is 0 Å². The van der Waals surface area contributed by atoms with E-state index in [1.165, 1.54) is 0 Å². The summed E-state index contributed by atoms with van der Waals surface area (Å²) >= 11 is 0. The lowest BCUT2D eigenvalue weighted by Crippen LogP contribution is -2.40. The molecule has 0 aromatic heterocycles. The van der Waals surface area contributed by atoms with E-state index in [4.69, 9.17) is 15.9 Å². The standard InChI is InChI=1S/C8H16N2O/c1-2-8(7(9)10)3-5-11-6-4-8/h2-6H2,1H3,(H3,9,10). The molecule has 3 heteroatoms. The molecule has 0 aliphatic carbocycles. The third-order valence-corrected chi connectivity index (χ3v) is 2.70. The van der Waals surface area contributed by atoms with Crippen LogP contribution in [0.4, 0.5) is 0 Å². The van der Waals surface area contributed by atoms with Crippen LogP contribution in [0.2, 0.25) is 0 Å². The topological polar surface area (TPSA) is 59.1 Å². The molecule has 0 bridgehead atoms. The number of hydrogen-bond donors (Lipinski definition) is 2. The maximum atomic E-state index is 7.46. The summed E-state index contributed by atoms with van der Waals surface area (Å²) in [6, 6.07) is 0. The Labute approximate surface area is 67.4 Å². The van der Waals surface area contributed by atoms with Crippen molar-refractivity contribution in [1.82, 2.24) is 0 Å². The van der Waals surface area contributed by atoms with Crippen LogP contribution in [0.3, 0.4) is 0 Å². The third-order valence-electron chi connectivity index (χ3n) is 2.70. The zero-order valence-electron chi connectivity index (χ0n) is 7.02. The normalized spacial score (nSPS) is 23.0. The van der Waals surface area contributed by atoms with Crippen molar-refractivity contribution in [2.24, 2.45) is 11.1 Å². The second kappa shape index (κ2) is 3.22. The summed E-state index contributed by atoms with van der Waals surface area (Å²) in [5.74, 6) is 0.336. The molecular formula is C8H16N2O. The largest absolute Gasteiger partial charge is 0.387 e. The van der Waals surface area contributed by atoms with Crippen molar-refractivity contribution >= 4 is 5.84 Å². The molecule has 0 saturated carbocycles. The Morgan fingerprint density at radius 3 is 2.36 bits per heavy atom. The minimum absolute atomic E-state index is 0.0434. The van der Waals surface area contributed by atoms with Crippen molar-refractivity contribution in [3.8, 4) is 0 Å². The highest BCUT2D eigenvalue weighted by atomic mass is 16.5. The van der Waals surface area contributed by atoms with Crippen molar-refractivity contribution in [2.75, 3.05) is 13.2 Å². The van der Waals surface area contributed by atoms with Gasteiger partial charge in [0.1, 0.15) is 0 Å². The quantitative estimate of drug-likeness (QED) is 0.465. The molecule has 11 heavy (non-hydrogen) atoms. The Bertz CT molecular complexity index is 150. The van der Waals surface area contributed by atoms with Crippen LogP contribution in [-0.4, -0.2) is 19.0 Å². The van der Waals surface area contributed by atoms with E-state index < -0.39 is 0 Å². The first-order chi connectivity index (χ1) is 5.21. The molecule has 64 valence electrons. The lowest BCUT2D eigenvalue weighted by Gasteiger charge is -2.34. The van der Waals surface area contributed by atoms with Gasteiger partial charge in [-0.15, -0.1) is 0 Å². The van der Waals surface area contributed by atoms with Crippen LogP contribution in [0.15, 0.2) is 0 Å². The van der Waals surface area contributed by atoms with E-state index >= 15 is 0 Å². The van der Waals surface area contributed by atoms with Gasteiger partial charge >= 0.3 is 0 Å². The summed E-state index contributed by atoms with van der Waals surface area (Å²) in [4.78, 5) is 0. The van der Waals surface area contributed by atoms with Gasteiger partial charge in [0, 0.05) is 18.6 Å². The average molecular weight is 156 g/mol. The minimum atomic E-state index is -0.0434. The van der Waals surface area contributed by atoms with Crippen LogP contribution >= 0.6 is 0 Å². The number of nitrogens with one attached hydrogen (secondary N) is 1. The van der Waals surface area contributed by atoms with Gasteiger partial charge in [-0.1, -0.05) is 6.92 Å². The molecule has 0 unspecified atom stereocenters. The Hall–Kier alpha value is -0.570. The molecule has 1 aliphatic rings. The zero-order chi connectivity index (χ0) is 8.32. The van der Waals surface area contributed by atoms with Crippen LogP contribution in [0.5, 0.6) is 0 Å². The van der Waals surface area contributed by atoms with Crippen molar-refractivity contribution < 1.29 is 4.74 Å². The van der Waals surface area contributed by atoms with Crippen molar-refractivity contribution in [2.45, 2.75) is 26.2 Å². The molecule has 0 spiro atoms. The SMILES string of the molecule is CCC1(C(=N)N)CCOCC1. The van der Waals surface area contributed by atoms with Gasteiger partial charge in [-0.2, -0.15) is 0 Å². The predicted octanol–water partition coefficient (Wildman–Crippen LogP) is 1.13. The molecule has 0 radical (unpaired) electrons. The highest BCUT2D eigenvalue weighted by Crippen LogP contribution is 2.33. The molecule has 3 N–H and O–H groups in total. The number of ether oxygens (including phenoxy) is 1. The van der Waals surface area contributed by atoms with E-state index in [-0.39, 0.29) is 5.41 Å². The van der Waals surface area contributed by atoms with Crippen LogP contribution in [-0.2, 0) is 4.74 Å². The lowest BCUT2D eigenvalue weighted by molar-refractivity contribution is 0.0432. The number of amidine groups is 1. The minimum Gasteiger partial charge on any atom is -0.387 e. The smallest absolute Gasteiger partial charge is 0.0970 e. The molecule has 0 amide bonds. The molecule has 1 heterocycles. The Morgan fingerprint density at radius 2 is 2.09 bits per heavy atom. The molecule has 1 rings (SSSR count). The molecule has 1 aliphatic heterocycles. The van der Waals surface area contributed by atoms with Gasteiger partial charge in [-0.05, 0) is 19.3 Å². The van der Waals surface area contributed by atoms with E-state index in [0.717, 1.165) is 32.5 Å². The molecule has 0 aromatic carbocycles. The summed E-state index contributed by atoms with van der Waals surface area (Å²) in [6.07, 6.45) is 2.80. The van der Waals surface area contributed by atoms with E-state index in [0.29, 0.717) is 5.84 Å². The van der Waals surface area contributed by atoms with E-state index in [1.54, 1.807) is 0 Å². The summed E-state index contributed by atoms with van der Waals surface area (Å²) in [5.41, 5.74) is 5.50. The van der Waals surface area contributed by atoms with E-state index in [9.17, 15) is 0 Å². The second-order valence-electron chi connectivity index (χ2n) is 3.16. The molecule has 0 atom stereocenters. The highest BCUT2D eigenvalue weighted by Gasteiger charge is 2.33. The Balaban J connectivity index is 2.64. The fourth-order valence-corrected chi connectivity index (χ4v) is 1.58. The van der Waals surface area contributed by atoms with Gasteiger partial charge in [0.15, 0.2) is 0 Å². The van der Waals surface area contributed by atoms with Gasteiger partial charge in [0.05, 0.1) is 5.84 Å². The fraction of sp³-hybridized carbons (Fsp3) is 0.875. The fourth-order valence-electron chi connectivity index (χ4n) is 1.58. The predicted molar refractivity (Wildman–Crippen MR) is 44.7 cm³/mol. The maximum absolute atomic E-state index is 7.46. The van der Waals surface area contributed by atoms with E-state index in [1.807, 2.05) is 0 Å². The van der Waals surface area contributed by atoms with Crippen LogP contribution in [0.25, 0.3) is 0 Å². The maximum Gasteiger partial charge on any atom is 0.0970 e. The van der Waals surface area contributed by atoms with Crippen molar-refractivity contribution in [3.63, 3.8) is 0 Å². The molecule has 1 saturated heterocycles. The summed E-state index contributed by atoms with van der Waals surface area (Å²) in [6.45, 7) is 3.60. The van der Waals surface area contributed by atoms with Crippen LogP contribution in [0.1, 0.15) is 26.2 Å². The Morgan fingerprint density at radius 1 is 1.55 bits per heavy atom. The third kappa shape index (κ3) is 1.53. The van der Waals surface area contributed by atoms with Gasteiger partial charge in [-0.25, -0.2) is 0 Å². The first-order valence-electron chi connectivity index (χ1n) is 4.13. The zero-order valence-corrected chi connectivity index (χ0v) is 7.02. The molecule has 3 nitrogen and oxygen atoms in total. The number of hydrogen-bond acceptors (Lipinski definition) is 2. The first kappa shape index (κ1) is 8.53. The molecular weight excluding hydrogens is 140 g/mol. The second-order valence-corrected chi connectivity index (χ2v) is 3.16. The number of nitrogens with two attached hydrogens (primary N) is 1. The Kier molecular flexibility index (Phi) is 2.49. The van der Waals surface area contributed by atoms with Crippen LogP contribution in [0, 0.1) is 10.8 Å². The molecule has 1 fully saturated rings.